The Morgan fingerprint density at radius 3 is 2.74 bits per heavy atom. The minimum absolute atomic E-state index is 0.879. The minimum Gasteiger partial charge on any atom is -0.496 e. The highest BCUT2D eigenvalue weighted by atomic mass is 32.2. The average Bonchev–Trinajstić information content (AvgIpc) is 2.88. The Kier molecular flexibility index (Phi) is 3.71. The molecule has 1 heterocycles. The van der Waals surface area contributed by atoms with Crippen molar-refractivity contribution in [3.8, 4) is 5.75 Å². The third-order valence-electron chi connectivity index (χ3n) is 2.82. The molecule has 4 heteroatoms. The number of thioether (sulfide) groups is 1. The third-order valence-corrected chi connectivity index (χ3v) is 5.05. The molecule has 0 unspecified atom stereocenters. The molecule has 0 aliphatic heterocycles. The average molecular weight is 287 g/mol. The molecule has 2 nitrogen and oxygen atoms in total. The summed E-state index contributed by atoms with van der Waals surface area (Å²) in [6.45, 7) is 0. The number of thiazole rings is 1. The molecule has 3 rings (SSSR count). The first-order chi connectivity index (χ1) is 9.36. The number of rotatable bonds is 4. The molecule has 0 amide bonds. The highest BCUT2D eigenvalue weighted by molar-refractivity contribution is 8.00. The Morgan fingerprint density at radius 2 is 1.89 bits per heavy atom. The summed E-state index contributed by atoms with van der Waals surface area (Å²) in [5.41, 5.74) is 2.28. The van der Waals surface area contributed by atoms with Gasteiger partial charge in [0.05, 0.1) is 17.3 Å². The smallest absolute Gasteiger partial charge is 0.151 e. The maximum atomic E-state index is 5.36. The van der Waals surface area contributed by atoms with Gasteiger partial charge in [0, 0.05) is 11.3 Å². The normalized spacial score (nSPS) is 10.8. The summed E-state index contributed by atoms with van der Waals surface area (Å²) in [5, 5.41) is 0. The van der Waals surface area contributed by atoms with E-state index in [-0.39, 0.29) is 0 Å². The largest absolute Gasteiger partial charge is 0.496 e. The molecule has 96 valence electrons. The first kappa shape index (κ1) is 12.5. The van der Waals surface area contributed by atoms with Gasteiger partial charge in [0.15, 0.2) is 4.34 Å². The molecule has 3 aromatic rings. The van der Waals surface area contributed by atoms with Gasteiger partial charge in [-0.15, -0.1) is 11.3 Å². The molecule has 0 aliphatic rings. The van der Waals surface area contributed by atoms with Crippen LogP contribution in [-0.2, 0) is 5.75 Å². The van der Waals surface area contributed by atoms with Gasteiger partial charge in [-0.05, 0) is 18.2 Å². The molecule has 19 heavy (non-hydrogen) atoms. The van der Waals surface area contributed by atoms with Crippen molar-refractivity contribution < 1.29 is 4.74 Å². The van der Waals surface area contributed by atoms with Crippen LogP contribution in [0.3, 0.4) is 0 Å². The van der Waals surface area contributed by atoms with Crippen LogP contribution in [0.15, 0.2) is 52.9 Å². The quantitative estimate of drug-likeness (QED) is 0.655. The van der Waals surface area contributed by atoms with Crippen LogP contribution >= 0.6 is 23.1 Å². The first-order valence-corrected chi connectivity index (χ1v) is 7.77. The van der Waals surface area contributed by atoms with E-state index in [1.54, 1.807) is 30.2 Å². The summed E-state index contributed by atoms with van der Waals surface area (Å²) in [7, 11) is 1.71. The number of benzene rings is 2. The van der Waals surface area contributed by atoms with Gasteiger partial charge in [-0.2, -0.15) is 0 Å². The predicted molar refractivity (Wildman–Crippen MR) is 82.2 cm³/mol. The second kappa shape index (κ2) is 5.63. The summed E-state index contributed by atoms with van der Waals surface area (Å²) in [6.07, 6.45) is 0. The third kappa shape index (κ3) is 2.74. The molecule has 1 aromatic heterocycles. The Labute approximate surface area is 120 Å². The maximum absolute atomic E-state index is 5.36. The molecule has 0 saturated heterocycles. The number of methoxy groups -OCH3 is 1. The number of fused-ring (bicyclic) bond motifs is 1. The zero-order valence-electron chi connectivity index (χ0n) is 10.5. The van der Waals surface area contributed by atoms with Gasteiger partial charge < -0.3 is 4.74 Å². The topological polar surface area (TPSA) is 22.1 Å². The molecule has 0 radical (unpaired) electrons. The number of nitrogens with zero attached hydrogens (tertiary/aromatic N) is 1. The Bertz CT molecular complexity index is 660. The van der Waals surface area contributed by atoms with Crippen molar-refractivity contribution in [1.29, 1.82) is 0 Å². The fourth-order valence-corrected chi connectivity index (χ4v) is 3.93. The second-order valence-electron chi connectivity index (χ2n) is 4.05. The molecule has 0 spiro atoms. The summed E-state index contributed by atoms with van der Waals surface area (Å²) < 4.78 is 7.71. The lowest BCUT2D eigenvalue weighted by Crippen LogP contribution is -1.89. The predicted octanol–water partition coefficient (Wildman–Crippen LogP) is 4.60. The maximum Gasteiger partial charge on any atom is 0.151 e. The molecule has 0 bridgehead atoms. The molecular weight excluding hydrogens is 274 g/mol. The molecule has 0 aliphatic carbocycles. The van der Waals surface area contributed by atoms with E-state index in [0.29, 0.717) is 0 Å². The van der Waals surface area contributed by atoms with Crippen molar-refractivity contribution in [2.45, 2.75) is 10.1 Å². The van der Waals surface area contributed by atoms with Gasteiger partial charge in [0.2, 0.25) is 0 Å². The zero-order chi connectivity index (χ0) is 13.1. The Balaban J connectivity index is 1.78. The van der Waals surface area contributed by atoms with Crippen molar-refractivity contribution in [3.63, 3.8) is 0 Å². The van der Waals surface area contributed by atoms with E-state index in [1.807, 2.05) is 24.3 Å². The van der Waals surface area contributed by atoms with Crippen LogP contribution in [0, 0.1) is 0 Å². The minimum atomic E-state index is 0.879. The number of aromatic nitrogens is 1. The number of hydrogen-bond donors (Lipinski definition) is 0. The van der Waals surface area contributed by atoms with E-state index in [4.69, 9.17) is 4.74 Å². The SMILES string of the molecule is COc1ccccc1CSc1nc2ccccc2s1. The molecule has 2 aromatic carbocycles. The lowest BCUT2D eigenvalue weighted by molar-refractivity contribution is 0.411. The fraction of sp³-hybridized carbons (Fsp3) is 0.133. The van der Waals surface area contributed by atoms with Crippen molar-refractivity contribution in [3.05, 3.63) is 54.1 Å². The summed E-state index contributed by atoms with van der Waals surface area (Å²) in [6, 6.07) is 16.4. The summed E-state index contributed by atoms with van der Waals surface area (Å²) in [5.74, 6) is 1.82. The second-order valence-corrected chi connectivity index (χ2v) is 6.30. The van der Waals surface area contributed by atoms with E-state index in [2.05, 4.69) is 29.2 Å². The van der Waals surface area contributed by atoms with Crippen molar-refractivity contribution >= 4 is 33.3 Å². The Hall–Kier alpha value is -1.52. The molecule has 0 atom stereocenters. The van der Waals surface area contributed by atoms with E-state index in [9.17, 15) is 0 Å². The number of para-hydroxylation sites is 2. The van der Waals surface area contributed by atoms with E-state index >= 15 is 0 Å². The standard InChI is InChI=1S/C15H13NOS2/c1-17-13-8-4-2-6-11(13)10-18-15-16-12-7-3-5-9-14(12)19-15/h2-9H,10H2,1H3. The van der Waals surface area contributed by atoms with Gasteiger partial charge in [-0.3, -0.25) is 0 Å². The van der Waals surface area contributed by atoms with Gasteiger partial charge in [0.1, 0.15) is 5.75 Å². The summed E-state index contributed by atoms with van der Waals surface area (Å²) >= 11 is 3.50. The Morgan fingerprint density at radius 1 is 1.11 bits per heavy atom. The van der Waals surface area contributed by atoms with Crippen LogP contribution in [0.4, 0.5) is 0 Å². The van der Waals surface area contributed by atoms with E-state index in [0.717, 1.165) is 21.4 Å². The zero-order valence-corrected chi connectivity index (χ0v) is 12.1. The lowest BCUT2D eigenvalue weighted by atomic mass is 10.2. The van der Waals surface area contributed by atoms with Crippen LogP contribution in [0.25, 0.3) is 10.2 Å². The molecule has 0 fully saturated rings. The fourth-order valence-electron chi connectivity index (χ4n) is 1.87. The van der Waals surface area contributed by atoms with Crippen LogP contribution < -0.4 is 4.74 Å². The molecular formula is C15H13NOS2. The van der Waals surface area contributed by atoms with Crippen LogP contribution in [-0.4, -0.2) is 12.1 Å². The molecule has 0 saturated carbocycles. The number of ether oxygens (including phenoxy) is 1. The highest BCUT2D eigenvalue weighted by Gasteiger charge is 2.06. The van der Waals surface area contributed by atoms with Crippen LogP contribution in [0.2, 0.25) is 0 Å². The van der Waals surface area contributed by atoms with Gasteiger partial charge in [0.25, 0.3) is 0 Å². The van der Waals surface area contributed by atoms with E-state index in [1.165, 1.54) is 10.3 Å². The van der Waals surface area contributed by atoms with Crippen LogP contribution in [0.5, 0.6) is 5.75 Å². The lowest BCUT2D eigenvalue weighted by Gasteiger charge is -2.06. The molecule has 0 N–H and O–H groups in total. The first-order valence-electron chi connectivity index (χ1n) is 5.97. The van der Waals surface area contributed by atoms with Gasteiger partial charge in [-0.1, -0.05) is 42.1 Å². The monoisotopic (exact) mass is 287 g/mol. The highest BCUT2D eigenvalue weighted by Crippen LogP contribution is 2.33. The van der Waals surface area contributed by atoms with Gasteiger partial charge >= 0.3 is 0 Å². The van der Waals surface area contributed by atoms with Crippen LogP contribution in [0.1, 0.15) is 5.56 Å². The van der Waals surface area contributed by atoms with E-state index < -0.39 is 0 Å². The van der Waals surface area contributed by atoms with Gasteiger partial charge in [-0.25, -0.2) is 4.98 Å². The number of hydrogen-bond acceptors (Lipinski definition) is 4. The van der Waals surface area contributed by atoms with Crippen molar-refractivity contribution in [2.75, 3.05) is 7.11 Å². The summed E-state index contributed by atoms with van der Waals surface area (Å²) in [4.78, 5) is 4.62. The van der Waals surface area contributed by atoms with Crippen molar-refractivity contribution in [2.24, 2.45) is 0 Å². The van der Waals surface area contributed by atoms with Crippen molar-refractivity contribution in [1.82, 2.24) is 4.98 Å².